The van der Waals surface area contributed by atoms with Gasteiger partial charge in [0.05, 0.1) is 12.3 Å². The Bertz CT molecular complexity index is 406. The molecule has 1 aliphatic heterocycles. The molecule has 0 aliphatic carbocycles. The van der Waals surface area contributed by atoms with E-state index in [-0.39, 0.29) is 0 Å². The van der Waals surface area contributed by atoms with Gasteiger partial charge in [-0.25, -0.2) is 4.68 Å². The molecule has 8 heteroatoms. The minimum Gasteiger partial charge on any atom is -0.335 e. The van der Waals surface area contributed by atoms with Crippen LogP contribution in [0, 0.1) is 4.77 Å². The van der Waals surface area contributed by atoms with Gasteiger partial charge in [-0.2, -0.15) is 5.10 Å². The van der Waals surface area contributed by atoms with E-state index in [9.17, 15) is 0 Å². The zero-order valence-corrected chi connectivity index (χ0v) is 9.71. The second-order valence-corrected chi connectivity index (χ2v) is 5.29. The van der Waals surface area contributed by atoms with Gasteiger partial charge in [0.15, 0.2) is 5.82 Å². The molecule has 1 aliphatic rings. The number of nitrogens with one attached hydrogen (secondary N) is 1. The fraction of sp³-hybridized carbons (Fsp3) is 0.500. The SMILES string of the molecule is Nn1c(CSC2=NCCS2)n[nH]c1=S. The van der Waals surface area contributed by atoms with Crippen LogP contribution in [0.1, 0.15) is 5.82 Å². The zero-order chi connectivity index (χ0) is 9.97. The molecule has 0 saturated carbocycles. The van der Waals surface area contributed by atoms with Gasteiger partial charge in [-0.05, 0) is 12.2 Å². The van der Waals surface area contributed by atoms with E-state index in [4.69, 9.17) is 18.1 Å². The van der Waals surface area contributed by atoms with Crippen LogP contribution in [-0.2, 0) is 5.75 Å². The highest BCUT2D eigenvalue weighted by Gasteiger charge is 2.10. The number of hydrogen-bond acceptors (Lipinski definition) is 6. The molecule has 1 aromatic rings. The van der Waals surface area contributed by atoms with Crippen molar-refractivity contribution in [1.82, 2.24) is 14.9 Å². The third kappa shape index (κ3) is 2.12. The first-order chi connectivity index (χ1) is 6.77. The zero-order valence-electron chi connectivity index (χ0n) is 7.27. The Morgan fingerprint density at radius 2 is 2.57 bits per heavy atom. The van der Waals surface area contributed by atoms with E-state index in [2.05, 4.69) is 15.2 Å². The van der Waals surface area contributed by atoms with Crippen LogP contribution in [0.25, 0.3) is 0 Å². The summed E-state index contributed by atoms with van der Waals surface area (Å²) in [6, 6.07) is 0. The van der Waals surface area contributed by atoms with Crippen molar-refractivity contribution in [3.63, 3.8) is 0 Å². The Morgan fingerprint density at radius 3 is 3.14 bits per heavy atom. The molecule has 0 aromatic carbocycles. The first kappa shape index (κ1) is 10.1. The average Bonchev–Trinajstić information content (AvgIpc) is 2.77. The van der Waals surface area contributed by atoms with Gasteiger partial charge in [0.2, 0.25) is 4.77 Å². The van der Waals surface area contributed by atoms with Crippen LogP contribution in [0.5, 0.6) is 0 Å². The number of rotatable bonds is 2. The van der Waals surface area contributed by atoms with Gasteiger partial charge >= 0.3 is 0 Å². The van der Waals surface area contributed by atoms with Crippen LogP contribution in [0.3, 0.4) is 0 Å². The summed E-state index contributed by atoms with van der Waals surface area (Å²) in [7, 11) is 0. The molecule has 14 heavy (non-hydrogen) atoms. The molecule has 0 spiro atoms. The van der Waals surface area contributed by atoms with E-state index in [1.54, 1.807) is 23.5 Å². The molecule has 0 unspecified atom stereocenters. The Kier molecular flexibility index (Phi) is 3.14. The van der Waals surface area contributed by atoms with E-state index in [0.717, 1.165) is 22.5 Å². The molecule has 1 aromatic heterocycles. The van der Waals surface area contributed by atoms with Crippen LogP contribution in [0.4, 0.5) is 0 Å². The number of aromatic nitrogens is 3. The number of aromatic amines is 1. The maximum absolute atomic E-state index is 5.65. The van der Waals surface area contributed by atoms with Crippen molar-refractivity contribution in [2.45, 2.75) is 5.75 Å². The lowest BCUT2D eigenvalue weighted by atomic mass is 10.7. The molecule has 0 atom stereocenters. The summed E-state index contributed by atoms with van der Waals surface area (Å²) in [4.78, 5) is 4.32. The molecule has 0 amide bonds. The van der Waals surface area contributed by atoms with Crippen molar-refractivity contribution < 1.29 is 0 Å². The maximum Gasteiger partial charge on any atom is 0.214 e. The third-order valence-corrected chi connectivity index (χ3v) is 4.20. The second kappa shape index (κ2) is 4.37. The van der Waals surface area contributed by atoms with Crippen LogP contribution >= 0.6 is 35.7 Å². The Morgan fingerprint density at radius 1 is 1.71 bits per heavy atom. The normalized spacial score (nSPS) is 15.9. The van der Waals surface area contributed by atoms with Gasteiger partial charge in [-0.3, -0.25) is 10.1 Å². The topological polar surface area (TPSA) is 72.0 Å². The Hall–Kier alpha value is -0.470. The van der Waals surface area contributed by atoms with E-state index < -0.39 is 0 Å². The smallest absolute Gasteiger partial charge is 0.214 e. The Balaban J connectivity index is 1.98. The predicted molar refractivity (Wildman–Crippen MR) is 63.6 cm³/mol. The molecule has 2 heterocycles. The molecular formula is C6H9N5S3. The summed E-state index contributed by atoms with van der Waals surface area (Å²) in [6.45, 7) is 0.919. The predicted octanol–water partition coefficient (Wildman–Crippen LogP) is 0.990. The summed E-state index contributed by atoms with van der Waals surface area (Å²) in [5, 5.41) is 6.66. The monoisotopic (exact) mass is 247 g/mol. The van der Waals surface area contributed by atoms with Crippen LogP contribution < -0.4 is 5.84 Å². The molecule has 0 radical (unpaired) electrons. The molecule has 0 fully saturated rings. The van der Waals surface area contributed by atoms with Crippen molar-refractivity contribution in [3.05, 3.63) is 10.6 Å². The number of aliphatic imine (C=N–C) groups is 1. The lowest BCUT2D eigenvalue weighted by Crippen LogP contribution is -2.12. The lowest BCUT2D eigenvalue weighted by Gasteiger charge is -1.99. The van der Waals surface area contributed by atoms with Gasteiger partial charge in [0.1, 0.15) is 4.38 Å². The molecule has 3 N–H and O–H groups in total. The third-order valence-electron chi connectivity index (χ3n) is 1.66. The molecule has 0 saturated heterocycles. The number of hydrogen-bond donors (Lipinski definition) is 2. The average molecular weight is 247 g/mol. The highest BCUT2D eigenvalue weighted by atomic mass is 32.2. The lowest BCUT2D eigenvalue weighted by molar-refractivity contribution is 0.907. The molecular weight excluding hydrogens is 238 g/mol. The Labute approximate surface area is 94.5 Å². The largest absolute Gasteiger partial charge is 0.335 e. The van der Waals surface area contributed by atoms with Crippen LogP contribution in [0.15, 0.2) is 4.99 Å². The van der Waals surface area contributed by atoms with Crippen molar-refractivity contribution in [2.75, 3.05) is 18.1 Å². The fourth-order valence-corrected chi connectivity index (χ4v) is 3.06. The minimum atomic E-state index is 0.446. The second-order valence-electron chi connectivity index (χ2n) is 2.60. The highest BCUT2D eigenvalue weighted by Crippen LogP contribution is 2.24. The maximum atomic E-state index is 5.65. The summed E-state index contributed by atoms with van der Waals surface area (Å²) >= 11 is 8.32. The molecule has 0 bridgehead atoms. The minimum absolute atomic E-state index is 0.446. The number of H-pyrrole nitrogens is 1. The van der Waals surface area contributed by atoms with E-state index >= 15 is 0 Å². The van der Waals surface area contributed by atoms with Crippen LogP contribution in [-0.4, -0.2) is 31.5 Å². The highest BCUT2D eigenvalue weighted by molar-refractivity contribution is 8.38. The van der Waals surface area contributed by atoms with E-state index in [1.165, 1.54) is 4.68 Å². The van der Waals surface area contributed by atoms with Crippen molar-refractivity contribution in [1.29, 1.82) is 0 Å². The number of nitrogens with two attached hydrogens (primary N) is 1. The van der Waals surface area contributed by atoms with Crippen molar-refractivity contribution in [2.24, 2.45) is 4.99 Å². The number of nitrogen functional groups attached to an aromatic ring is 1. The van der Waals surface area contributed by atoms with Gasteiger partial charge in [-0.1, -0.05) is 23.5 Å². The first-order valence-electron chi connectivity index (χ1n) is 3.99. The summed E-state index contributed by atoms with van der Waals surface area (Å²) in [6.07, 6.45) is 0. The standard InChI is InChI=1S/C6H9N5S3/c7-11-4(9-10-5(11)12)3-14-6-8-1-2-13-6/h1-3,7H2,(H,10,12). The van der Waals surface area contributed by atoms with E-state index in [1.807, 2.05) is 0 Å². The van der Waals surface area contributed by atoms with Crippen molar-refractivity contribution in [3.8, 4) is 0 Å². The molecule has 2 rings (SSSR count). The quantitative estimate of drug-likeness (QED) is 0.602. The van der Waals surface area contributed by atoms with Crippen molar-refractivity contribution >= 4 is 40.1 Å². The van der Waals surface area contributed by atoms with Gasteiger partial charge in [0, 0.05) is 5.75 Å². The number of thioether (sulfide) groups is 2. The fourth-order valence-electron chi connectivity index (χ4n) is 0.968. The van der Waals surface area contributed by atoms with Gasteiger partial charge < -0.3 is 5.84 Å². The molecule has 5 nitrogen and oxygen atoms in total. The van der Waals surface area contributed by atoms with Gasteiger partial charge in [-0.15, -0.1) is 0 Å². The summed E-state index contributed by atoms with van der Waals surface area (Å²) in [5.41, 5.74) is 0. The van der Waals surface area contributed by atoms with Gasteiger partial charge in [0.25, 0.3) is 0 Å². The number of nitrogens with zero attached hydrogens (tertiary/aromatic N) is 3. The van der Waals surface area contributed by atoms with E-state index in [0.29, 0.717) is 10.5 Å². The summed E-state index contributed by atoms with van der Waals surface area (Å²) in [5.74, 6) is 8.18. The van der Waals surface area contributed by atoms with Crippen LogP contribution in [0.2, 0.25) is 0 Å². The molecule has 76 valence electrons. The summed E-state index contributed by atoms with van der Waals surface area (Å²) < 4.78 is 2.95. The first-order valence-corrected chi connectivity index (χ1v) is 6.37.